The molecule has 1 aliphatic rings. The Morgan fingerprint density at radius 1 is 1.28 bits per heavy atom. The first-order valence-corrected chi connectivity index (χ1v) is 8.50. The van der Waals surface area contributed by atoms with E-state index in [1.54, 1.807) is 12.4 Å². The van der Waals surface area contributed by atoms with Gasteiger partial charge in [-0.15, -0.1) is 0 Å². The number of nitrogens with two attached hydrogens (primary N) is 1. The molecule has 128 valence electrons. The lowest BCUT2D eigenvalue weighted by Gasteiger charge is -2.32. The molecule has 1 atom stereocenters. The van der Waals surface area contributed by atoms with Crippen molar-refractivity contribution in [2.24, 2.45) is 5.92 Å². The molecule has 7 heteroatoms. The minimum atomic E-state index is -0.0192. The summed E-state index contributed by atoms with van der Waals surface area (Å²) in [5, 5.41) is 8.04. The number of hydrogen-bond donors (Lipinski definition) is 2. The lowest BCUT2D eigenvalue weighted by Crippen LogP contribution is -2.40. The van der Waals surface area contributed by atoms with Gasteiger partial charge in [0.25, 0.3) is 5.91 Å². The lowest BCUT2D eigenvalue weighted by atomic mass is 9.93. The van der Waals surface area contributed by atoms with Crippen molar-refractivity contribution in [1.29, 1.82) is 0 Å². The van der Waals surface area contributed by atoms with Crippen LogP contribution in [0, 0.1) is 5.92 Å². The number of para-hydroxylation sites is 1. The van der Waals surface area contributed by atoms with Crippen LogP contribution in [0.3, 0.4) is 0 Å². The van der Waals surface area contributed by atoms with Gasteiger partial charge in [0.15, 0.2) is 5.69 Å². The normalized spacial score (nSPS) is 17.8. The van der Waals surface area contributed by atoms with Crippen LogP contribution in [-0.4, -0.2) is 44.1 Å². The fraction of sp³-hybridized carbons (Fsp3) is 0.333. The van der Waals surface area contributed by atoms with E-state index in [9.17, 15) is 4.79 Å². The number of likely N-dealkylation sites (tertiary alicyclic amines) is 1. The summed E-state index contributed by atoms with van der Waals surface area (Å²) in [5.74, 6) is 0.792. The van der Waals surface area contributed by atoms with Gasteiger partial charge in [0, 0.05) is 30.9 Å². The molecule has 1 amide bonds. The zero-order valence-electron chi connectivity index (χ0n) is 13.9. The Morgan fingerprint density at radius 3 is 3.00 bits per heavy atom. The Balaban J connectivity index is 1.51. The number of H-pyrrole nitrogens is 1. The molecule has 0 radical (unpaired) electrons. The van der Waals surface area contributed by atoms with Gasteiger partial charge in [-0.05, 0) is 31.2 Å². The zero-order chi connectivity index (χ0) is 17.2. The van der Waals surface area contributed by atoms with Crippen LogP contribution in [0.25, 0.3) is 10.9 Å². The number of carbonyl (C=O) groups is 1. The number of anilines is 1. The second kappa shape index (κ2) is 6.51. The highest BCUT2D eigenvalue weighted by Gasteiger charge is 2.27. The summed E-state index contributed by atoms with van der Waals surface area (Å²) in [6.07, 6.45) is 6.02. The number of hydrogen-bond acceptors (Lipinski definition) is 5. The molecule has 3 heterocycles. The first-order valence-electron chi connectivity index (χ1n) is 8.50. The maximum absolute atomic E-state index is 12.9. The van der Waals surface area contributed by atoms with E-state index in [0.29, 0.717) is 24.0 Å². The third-order valence-electron chi connectivity index (χ3n) is 4.77. The van der Waals surface area contributed by atoms with E-state index in [2.05, 4.69) is 20.2 Å². The first kappa shape index (κ1) is 15.6. The van der Waals surface area contributed by atoms with Gasteiger partial charge in [-0.1, -0.05) is 18.2 Å². The highest BCUT2D eigenvalue weighted by molar-refractivity contribution is 6.04. The van der Waals surface area contributed by atoms with Gasteiger partial charge in [0.05, 0.1) is 11.2 Å². The SMILES string of the molecule is Nc1nccnc1CC1CCCN(C(=O)c2n[nH]c3ccccc23)C1. The van der Waals surface area contributed by atoms with Crippen LogP contribution in [0.2, 0.25) is 0 Å². The molecule has 1 fully saturated rings. The van der Waals surface area contributed by atoms with Gasteiger partial charge in [-0.25, -0.2) is 4.98 Å². The van der Waals surface area contributed by atoms with Crippen molar-refractivity contribution >= 4 is 22.6 Å². The van der Waals surface area contributed by atoms with Crippen LogP contribution < -0.4 is 5.73 Å². The quantitative estimate of drug-likeness (QED) is 0.762. The first-order chi connectivity index (χ1) is 12.2. The van der Waals surface area contributed by atoms with E-state index in [1.165, 1.54) is 0 Å². The zero-order valence-corrected chi connectivity index (χ0v) is 13.9. The number of fused-ring (bicyclic) bond motifs is 1. The van der Waals surface area contributed by atoms with Gasteiger partial charge in [-0.3, -0.25) is 14.9 Å². The molecule has 1 saturated heterocycles. The maximum atomic E-state index is 12.9. The molecule has 0 saturated carbocycles. The third kappa shape index (κ3) is 3.05. The Labute approximate surface area is 145 Å². The number of nitrogen functional groups attached to an aromatic ring is 1. The minimum absolute atomic E-state index is 0.0192. The average molecular weight is 336 g/mol. The summed E-state index contributed by atoms with van der Waals surface area (Å²) < 4.78 is 0. The average Bonchev–Trinajstić information content (AvgIpc) is 3.07. The molecule has 3 aromatic rings. The Kier molecular flexibility index (Phi) is 4.05. The van der Waals surface area contributed by atoms with Gasteiger partial charge in [0.1, 0.15) is 5.82 Å². The largest absolute Gasteiger partial charge is 0.382 e. The number of piperidine rings is 1. The molecule has 3 N–H and O–H groups in total. The monoisotopic (exact) mass is 336 g/mol. The second-order valence-corrected chi connectivity index (χ2v) is 6.47. The molecule has 7 nitrogen and oxygen atoms in total. The number of benzene rings is 1. The molecule has 4 rings (SSSR count). The van der Waals surface area contributed by atoms with Gasteiger partial charge in [0.2, 0.25) is 0 Å². The van der Waals surface area contributed by atoms with Crippen molar-refractivity contribution in [2.75, 3.05) is 18.8 Å². The molecule has 0 bridgehead atoms. The van der Waals surface area contributed by atoms with Crippen LogP contribution >= 0.6 is 0 Å². The van der Waals surface area contributed by atoms with E-state index in [-0.39, 0.29) is 5.91 Å². The van der Waals surface area contributed by atoms with E-state index in [1.807, 2.05) is 29.2 Å². The van der Waals surface area contributed by atoms with E-state index in [4.69, 9.17) is 5.73 Å². The minimum Gasteiger partial charge on any atom is -0.382 e. The predicted molar refractivity (Wildman–Crippen MR) is 94.9 cm³/mol. The Morgan fingerprint density at radius 2 is 2.12 bits per heavy atom. The van der Waals surface area contributed by atoms with Crippen LogP contribution in [-0.2, 0) is 6.42 Å². The molecule has 1 aliphatic heterocycles. The van der Waals surface area contributed by atoms with Crippen molar-refractivity contribution < 1.29 is 4.79 Å². The fourth-order valence-electron chi connectivity index (χ4n) is 3.50. The highest BCUT2D eigenvalue weighted by Crippen LogP contribution is 2.24. The number of amides is 1. The van der Waals surface area contributed by atoms with Crippen molar-refractivity contribution in [3.63, 3.8) is 0 Å². The highest BCUT2D eigenvalue weighted by atomic mass is 16.2. The Bertz CT molecular complexity index is 905. The van der Waals surface area contributed by atoms with E-state index >= 15 is 0 Å². The summed E-state index contributed by atoms with van der Waals surface area (Å²) in [5.41, 5.74) is 8.09. The summed E-state index contributed by atoms with van der Waals surface area (Å²) in [4.78, 5) is 23.2. The van der Waals surface area contributed by atoms with Crippen LogP contribution in [0.4, 0.5) is 5.82 Å². The fourth-order valence-corrected chi connectivity index (χ4v) is 3.50. The Hall–Kier alpha value is -2.96. The van der Waals surface area contributed by atoms with Crippen LogP contribution in [0.15, 0.2) is 36.7 Å². The van der Waals surface area contributed by atoms with Gasteiger partial charge >= 0.3 is 0 Å². The number of aromatic amines is 1. The molecule has 25 heavy (non-hydrogen) atoms. The third-order valence-corrected chi connectivity index (χ3v) is 4.77. The molecule has 0 spiro atoms. The van der Waals surface area contributed by atoms with E-state index < -0.39 is 0 Å². The summed E-state index contributed by atoms with van der Waals surface area (Å²) in [6, 6.07) is 7.70. The number of carbonyl (C=O) groups excluding carboxylic acids is 1. The number of nitrogens with zero attached hydrogens (tertiary/aromatic N) is 4. The second-order valence-electron chi connectivity index (χ2n) is 6.47. The lowest BCUT2D eigenvalue weighted by molar-refractivity contribution is 0.0669. The number of nitrogens with one attached hydrogen (secondary N) is 1. The van der Waals surface area contributed by atoms with Crippen molar-refractivity contribution in [3.8, 4) is 0 Å². The molecule has 2 aromatic heterocycles. The van der Waals surface area contributed by atoms with Gasteiger partial charge in [-0.2, -0.15) is 5.10 Å². The maximum Gasteiger partial charge on any atom is 0.275 e. The summed E-state index contributed by atoms with van der Waals surface area (Å²) in [6.45, 7) is 1.45. The number of rotatable bonds is 3. The standard InChI is InChI=1S/C18H20N6O/c19-17-15(20-7-8-21-17)10-12-4-3-9-24(11-12)18(25)16-13-5-1-2-6-14(13)22-23-16/h1-2,5-8,12H,3-4,9-11H2,(H2,19,21)(H,22,23). The summed E-state index contributed by atoms with van der Waals surface area (Å²) >= 11 is 0. The topological polar surface area (TPSA) is 101 Å². The molecule has 0 aliphatic carbocycles. The van der Waals surface area contributed by atoms with Crippen molar-refractivity contribution in [3.05, 3.63) is 48.0 Å². The molecule has 1 unspecified atom stereocenters. The van der Waals surface area contributed by atoms with Crippen LogP contribution in [0.5, 0.6) is 0 Å². The van der Waals surface area contributed by atoms with Crippen LogP contribution in [0.1, 0.15) is 29.0 Å². The molecular weight excluding hydrogens is 316 g/mol. The van der Waals surface area contributed by atoms with E-state index in [0.717, 1.165) is 42.4 Å². The summed E-state index contributed by atoms with van der Waals surface area (Å²) in [7, 11) is 0. The predicted octanol–water partition coefficient (Wildman–Crippen LogP) is 2.03. The van der Waals surface area contributed by atoms with Crippen molar-refractivity contribution in [1.82, 2.24) is 25.1 Å². The smallest absolute Gasteiger partial charge is 0.275 e. The molecule has 1 aromatic carbocycles. The van der Waals surface area contributed by atoms with Crippen molar-refractivity contribution in [2.45, 2.75) is 19.3 Å². The molecular formula is C18H20N6O. The number of aromatic nitrogens is 4. The van der Waals surface area contributed by atoms with Gasteiger partial charge < -0.3 is 10.6 Å².